The van der Waals surface area contributed by atoms with Crippen LogP contribution in [0.2, 0.25) is 0 Å². The van der Waals surface area contributed by atoms with E-state index in [1.165, 1.54) is 13.2 Å². The minimum atomic E-state index is -0.0793. The molecule has 0 bridgehead atoms. The largest absolute Gasteiger partial charge is 0.504 e. The Kier molecular flexibility index (Phi) is 3.08. The fraction of sp³-hybridized carbons (Fsp3) is 0.385. The van der Waals surface area contributed by atoms with Crippen LogP contribution < -0.4 is 4.74 Å². The summed E-state index contributed by atoms with van der Waals surface area (Å²) in [7, 11) is 1.50. The number of aromatic nitrogens is 2. The zero-order valence-electron chi connectivity index (χ0n) is 10.5. The molecular weight excluding hydrogens is 248 g/mol. The van der Waals surface area contributed by atoms with Crippen LogP contribution in [0.15, 0.2) is 22.7 Å². The van der Waals surface area contributed by atoms with E-state index in [-0.39, 0.29) is 11.9 Å². The highest BCUT2D eigenvalue weighted by molar-refractivity contribution is 5.59. The Hall–Kier alpha value is -2.08. The number of hydrogen-bond donors (Lipinski definition) is 1. The topological polar surface area (TPSA) is 77.6 Å². The van der Waals surface area contributed by atoms with Gasteiger partial charge in [-0.25, -0.2) is 0 Å². The molecule has 3 rings (SSSR count). The first kappa shape index (κ1) is 12.0. The second-order valence-corrected chi connectivity index (χ2v) is 4.35. The monoisotopic (exact) mass is 262 g/mol. The van der Waals surface area contributed by atoms with Gasteiger partial charge < -0.3 is 19.1 Å². The lowest BCUT2D eigenvalue weighted by atomic mass is 10.2. The van der Waals surface area contributed by atoms with Gasteiger partial charge in [0.15, 0.2) is 11.5 Å². The summed E-state index contributed by atoms with van der Waals surface area (Å²) in [5, 5.41) is 13.7. The maximum Gasteiger partial charge on any atom is 0.258 e. The zero-order valence-corrected chi connectivity index (χ0v) is 10.5. The molecule has 1 aromatic carbocycles. The van der Waals surface area contributed by atoms with Gasteiger partial charge in [0.1, 0.15) is 6.10 Å². The van der Waals surface area contributed by atoms with Crippen molar-refractivity contribution in [3.05, 3.63) is 24.0 Å². The number of nitrogens with zero attached hydrogens (tertiary/aromatic N) is 2. The number of benzene rings is 1. The maximum absolute atomic E-state index is 9.73. The van der Waals surface area contributed by atoms with Gasteiger partial charge in [-0.2, -0.15) is 4.98 Å². The Balaban J connectivity index is 1.87. The molecule has 2 aromatic rings. The van der Waals surface area contributed by atoms with Crippen molar-refractivity contribution in [3.63, 3.8) is 0 Å². The highest BCUT2D eigenvalue weighted by atomic mass is 16.5. The summed E-state index contributed by atoms with van der Waals surface area (Å²) in [5.74, 6) is 1.37. The van der Waals surface area contributed by atoms with Gasteiger partial charge in [-0.05, 0) is 31.0 Å². The average molecular weight is 262 g/mol. The second-order valence-electron chi connectivity index (χ2n) is 4.35. The first-order valence-electron chi connectivity index (χ1n) is 6.10. The molecule has 6 heteroatoms. The smallest absolute Gasteiger partial charge is 0.258 e. The molecule has 1 fully saturated rings. The molecule has 2 heterocycles. The number of ether oxygens (including phenoxy) is 2. The molecule has 19 heavy (non-hydrogen) atoms. The van der Waals surface area contributed by atoms with E-state index >= 15 is 0 Å². The summed E-state index contributed by atoms with van der Waals surface area (Å²) in [6.07, 6.45) is 1.84. The highest BCUT2D eigenvalue weighted by Crippen LogP contribution is 2.32. The lowest BCUT2D eigenvalue weighted by molar-refractivity contribution is 0.103. The van der Waals surface area contributed by atoms with Crippen molar-refractivity contribution in [2.75, 3.05) is 13.7 Å². The van der Waals surface area contributed by atoms with Gasteiger partial charge in [-0.1, -0.05) is 5.16 Å². The van der Waals surface area contributed by atoms with Gasteiger partial charge >= 0.3 is 0 Å². The third kappa shape index (κ3) is 2.26. The summed E-state index contributed by atoms with van der Waals surface area (Å²) in [6, 6.07) is 4.94. The van der Waals surface area contributed by atoms with Crippen LogP contribution in [0.1, 0.15) is 24.8 Å². The number of phenolic OH excluding ortho intramolecular Hbond substituents is 1. The summed E-state index contributed by atoms with van der Waals surface area (Å²) < 4.78 is 15.7. The van der Waals surface area contributed by atoms with Gasteiger partial charge in [0.25, 0.3) is 5.89 Å². The third-order valence-electron chi connectivity index (χ3n) is 3.09. The average Bonchev–Trinajstić information content (AvgIpc) is 3.09. The summed E-state index contributed by atoms with van der Waals surface area (Å²) in [6.45, 7) is 0.734. The lowest BCUT2D eigenvalue weighted by Crippen LogP contribution is -1.97. The van der Waals surface area contributed by atoms with Crippen molar-refractivity contribution in [2.24, 2.45) is 0 Å². The van der Waals surface area contributed by atoms with Crippen LogP contribution in [0, 0.1) is 0 Å². The Morgan fingerprint density at radius 3 is 3.00 bits per heavy atom. The molecule has 1 unspecified atom stereocenters. The van der Waals surface area contributed by atoms with E-state index in [4.69, 9.17) is 14.0 Å². The van der Waals surface area contributed by atoms with Crippen molar-refractivity contribution >= 4 is 0 Å². The number of hydrogen-bond acceptors (Lipinski definition) is 6. The minimum absolute atomic E-state index is 0.0388. The molecule has 1 aliphatic heterocycles. The Labute approximate surface area is 110 Å². The van der Waals surface area contributed by atoms with Gasteiger partial charge in [-0.3, -0.25) is 0 Å². The van der Waals surface area contributed by atoms with Crippen molar-refractivity contribution in [2.45, 2.75) is 18.9 Å². The van der Waals surface area contributed by atoms with Gasteiger partial charge in [0.2, 0.25) is 5.82 Å². The Morgan fingerprint density at radius 1 is 1.42 bits per heavy atom. The number of aromatic hydroxyl groups is 1. The van der Waals surface area contributed by atoms with Crippen molar-refractivity contribution in [3.8, 4) is 23.0 Å². The van der Waals surface area contributed by atoms with E-state index in [0.29, 0.717) is 23.0 Å². The molecule has 1 N–H and O–H groups in total. The molecular formula is C13H14N2O4. The number of methoxy groups -OCH3 is 1. The minimum Gasteiger partial charge on any atom is -0.504 e. The SMILES string of the molecule is COc1ccc(-c2nc(C3CCCO3)no2)cc1O. The molecule has 1 aromatic heterocycles. The quantitative estimate of drug-likeness (QED) is 0.914. The van der Waals surface area contributed by atoms with E-state index in [9.17, 15) is 5.11 Å². The predicted molar refractivity (Wildman–Crippen MR) is 65.9 cm³/mol. The first-order chi connectivity index (χ1) is 9.28. The molecule has 100 valence electrons. The van der Waals surface area contributed by atoms with Gasteiger partial charge in [0.05, 0.1) is 7.11 Å². The molecule has 0 spiro atoms. The normalized spacial score (nSPS) is 18.7. The summed E-state index contributed by atoms with van der Waals surface area (Å²) >= 11 is 0. The Morgan fingerprint density at radius 2 is 2.32 bits per heavy atom. The zero-order chi connectivity index (χ0) is 13.2. The molecule has 0 radical (unpaired) electrons. The van der Waals surface area contributed by atoms with E-state index in [1.54, 1.807) is 12.1 Å². The molecule has 0 aliphatic carbocycles. The molecule has 0 saturated carbocycles. The highest BCUT2D eigenvalue weighted by Gasteiger charge is 2.23. The Bertz CT molecular complexity index is 576. The standard InChI is InChI=1S/C13H14N2O4/c1-17-10-5-4-8(7-9(10)16)13-14-12(15-19-13)11-3-2-6-18-11/h4-5,7,11,16H,2-3,6H2,1H3. The van der Waals surface area contributed by atoms with Crippen molar-refractivity contribution in [1.29, 1.82) is 0 Å². The van der Waals surface area contributed by atoms with Gasteiger partial charge in [-0.15, -0.1) is 0 Å². The second kappa shape index (κ2) is 4.89. The van der Waals surface area contributed by atoms with Crippen LogP contribution in [-0.4, -0.2) is 29.0 Å². The number of phenols is 1. The van der Waals surface area contributed by atoms with Crippen molar-refractivity contribution < 1.29 is 19.1 Å². The summed E-state index contributed by atoms with van der Waals surface area (Å²) in [4.78, 5) is 4.30. The van der Waals surface area contributed by atoms with Crippen LogP contribution in [0.3, 0.4) is 0 Å². The molecule has 1 saturated heterocycles. The van der Waals surface area contributed by atoms with E-state index in [2.05, 4.69) is 10.1 Å². The molecule has 1 aliphatic rings. The van der Waals surface area contributed by atoms with Crippen LogP contribution in [0.5, 0.6) is 11.5 Å². The van der Waals surface area contributed by atoms with Crippen LogP contribution in [-0.2, 0) is 4.74 Å². The molecule has 1 atom stereocenters. The van der Waals surface area contributed by atoms with E-state index in [0.717, 1.165) is 19.4 Å². The number of rotatable bonds is 3. The fourth-order valence-corrected chi connectivity index (χ4v) is 2.09. The van der Waals surface area contributed by atoms with E-state index in [1.807, 2.05) is 0 Å². The fourth-order valence-electron chi connectivity index (χ4n) is 2.09. The summed E-state index contributed by atoms with van der Waals surface area (Å²) in [5.41, 5.74) is 0.648. The molecule has 6 nitrogen and oxygen atoms in total. The molecule has 0 amide bonds. The van der Waals surface area contributed by atoms with Crippen LogP contribution in [0.25, 0.3) is 11.5 Å². The maximum atomic E-state index is 9.73. The van der Waals surface area contributed by atoms with E-state index < -0.39 is 0 Å². The van der Waals surface area contributed by atoms with Gasteiger partial charge in [0, 0.05) is 12.2 Å². The lowest BCUT2D eigenvalue weighted by Gasteiger charge is -2.03. The predicted octanol–water partition coefficient (Wildman–Crippen LogP) is 2.30. The first-order valence-corrected chi connectivity index (χ1v) is 6.10. The van der Waals surface area contributed by atoms with Crippen LogP contribution >= 0.6 is 0 Å². The van der Waals surface area contributed by atoms with Crippen LogP contribution in [0.4, 0.5) is 0 Å². The third-order valence-corrected chi connectivity index (χ3v) is 3.09. The van der Waals surface area contributed by atoms with Crippen molar-refractivity contribution in [1.82, 2.24) is 10.1 Å².